The SMILES string of the molecule is CCCCCCCCCCCCCC/C=C\CCCCCCCCCCCC(O)C(=O)NC(CO)C(O)CCCCCCCCCCCCCCCCCCCCCCCC. The molecule has 0 aromatic heterocycles. The number of carbonyl (C=O) groups is 1. The second-order valence-corrected chi connectivity index (χ2v) is 19.5. The molecular formula is C56H111NO4. The van der Waals surface area contributed by atoms with Crippen molar-refractivity contribution < 1.29 is 20.1 Å². The first-order chi connectivity index (χ1) is 30.1. The molecule has 0 rings (SSSR count). The monoisotopic (exact) mass is 862 g/mol. The smallest absolute Gasteiger partial charge is 0.249 e. The van der Waals surface area contributed by atoms with Crippen LogP contribution in [0.2, 0.25) is 0 Å². The van der Waals surface area contributed by atoms with Crippen molar-refractivity contribution in [1.29, 1.82) is 0 Å². The largest absolute Gasteiger partial charge is 0.394 e. The van der Waals surface area contributed by atoms with Crippen molar-refractivity contribution in [2.75, 3.05) is 6.61 Å². The van der Waals surface area contributed by atoms with Crippen LogP contribution in [0.4, 0.5) is 0 Å². The number of rotatable bonds is 52. The Bertz CT molecular complexity index is 864. The lowest BCUT2D eigenvalue weighted by Gasteiger charge is -2.23. The van der Waals surface area contributed by atoms with Crippen molar-refractivity contribution in [3.05, 3.63) is 12.2 Å². The summed E-state index contributed by atoms with van der Waals surface area (Å²) < 4.78 is 0. The molecule has 5 heteroatoms. The van der Waals surface area contributed by atoms with Crippen molar-refractivity contribution in [2.45, 2.75) is 334 Å². The zero-order valence-electron chi connectivity index (χ0n) is 41.6. The van der Waals surface area contributed by atoms with Gasteiger partial charge in [0.2, 0.25) is 5.91 Å². The van der Waals surface area contributed by atoms with E-state index in [0.717, 1.165) is 32.1 Å². The second kappa shape index (κ2) is 51.7. The summed E-state index contributed by atoms with van der Waals surface area (Å²) in [7, 11) is 0. The normalized spacial score (nSPS) is 13.3. The van der Waals surface area contributed by atoms with E-state index in [1.54, 1.807) is 0 Å². The minimum absolute atomic E-state index is 0.310. The first kappa shape index (κ1) is 60.1. The fourth-order valence-corrected chi connectivity index (χ4v) is 9.01. The first-order valence-corrected chi connectivity index (χ1v) is 28.0. The Morgan fingerprint density at radius 3 is 0.902 bits per heavy atom. The highest BCUT2D eigenvalue weighted by molar-refractivity contribution is 5.80. The molecule has 0 aromatic carbocycles. The van der Waals surface area contributed by atoms with E-state index < -0.39 is 24.2 Å². The van der Waals surface area contributed by atoms with Gasteiger partial charge in [-0.05, 0) is 38.5 Å². The molecule has 0 fully saturated rings. The van der Waals surface area contributed by atoms with Crippen LogP contribution in [0.3, 0.4) is 0 Å². The predicted octanol–water partition coefficient (Wildman–Crippen LogP) is 17.1. The predicted molar refractivity (Wildman–Crippen MR) is 269 cm³/mol. The van der Waals surface area contributed by atoms with Gasteiger partial charge >= 0.3 is 0 Å². The van der Waals surface area contributed by atoms with Crippen LogP contribution >= 0.6 is 0 Å². The third-order valence-corrected chi connectivity index (χ3v) is 13.4. The Hall–Kier alpha value is -0.910. The minimum Gasteiger partial charge on any atom is -0.394 e. The molecule has 1 amide bonds. The molecule has 3 unspecified atom stereocenters. The third-order valence-electron chi connectivity index (χ3n) is 13.4. The number of hydrogen-bond acceptors (Lipinski definition) is 4. The van der Waals surface area contributed by atoms with Crippen LogP contribution in [-0.2, 0) is 4.79 Å². The average molecular weight is 863 g/mol. The summed E-state index contributed by atoms with van der Waals surface area (Å²) >= 11 is 0. The molecule has 0 aliphatic carbocycles. The summed E-state index contributed by atoms with van der Waals surface area (Å²) in [6, 6.07) is -0.711. The van der Waals surface area contributed by atoms with E-state index >= 15 is 0 Å². The van der Waals surface area contributed by atoms with Crippen molar-refractivity contribution in [3.63, 3.8) is 0 Å². The Balaban J connectivity index is 3.53. The van der Waals surface area contributed by atoms with Gasteiger partial charge in [-0.15, -0.1) is 0 Å². The summed E-state index contributed by atoms with van der Waals surface area (Å²) in [4.78, 5) is 12.6. The standard InChI is InChI=1S/C56H111NO4/c1-3-5-7-9-11-13-15-17-19-21-23-25-27-28-29-31-33-35-37-39-41-43-45-47-49-51-55(60)56(61)57-53(52-58)54(59)50-48-46-44-42-40-38-36-34-32-30-26-24-22-20-18-16-14-12-10-8-6-4-2/h28-29,53-55,58-60H,3-27,30-52H2,1-2H3,(H,57,61)/b29-28-. The van der Waals surface area contributed by atoms with E-state index in [9.17, 15) is 20.1 Å². The van der Waals surface area contributed by atoms with E-state index in [4.69, 9.17) is 0 Å². The number of allylic oxidation sites excluding steroid dienone is 2. The molecule has 0 aliphatic rings. The summed E-state index contributed by atoms with van der Waals surface area (Å²) in [6.45, 7) is 4.27. The van der Waals surface area contributed by atoms with Crippen molar-refractivity contribution >= 4 is 5.91 Å². The number of nitrogens with one attached hydrogen (secondary N) is 1. The summed E-state index contributed by atoms with van der Waals surface area (Å²) in [5.41, 5.74) is 0. The van der Waals surface area contributed by atoms with Crippen LogP contribution in [0.1, 0.15) is 316 Å². The van der Waals surface area contributed by atoms with E-state index in [-0.39, 0.29) is 6.61 Å². The zero-order valence-corrected chi connectivity index (χ0v) is 41.6. The Labute approximate surface area is 382 Å². The van der Waals surface area contributed by atoms with E-state index in [0.29, 0.717) is 12.8 Å². The lowest BCUT2D eigenvalue weighted by atomic mass is 10.0. The van der Waals surface area contributed by atoms with Crippen LogP contribution in [-0.4, -0.2) is 46.1 Å². The van der Waals surface area contributed by atoms with Gasteiger partial charge in [0.05, 0.1) is 18.8 Å². The summed E-state index contributed by atoms with van der Waals surface area (Å²) in [5, 5.41) is 33.6. The van der Waals surface area contributed by atoms with Crippen LogP contribution < -0.4 is 5.32 Å². The second-order valence-electron chi connectivity index (χ2n) is 19.5. The van der Waals surface area contributed by atoms with Crippen LogP contribution in [0.15, 0.2) is 12.2 Å². The highest BCUT2D eigenvalue weighted by Crippen LogP contribution is 2.18. The van der Waals surface area contributed by atoms with Gasteiger partial charge in [0.1, 0.15) is 6.10 Å². The number of unbranched alkanes of at least 4 members (excludes halogenated alkanes) is 42. The molecule has 0 saturated carbocycles. The maximum Gasteiger partial charge on any atom is 0.249 e. The van der Waals surface area contributed by atoms with Crippen molar-refractivity contribution in [2.24, 2.45) is 0 Å². The van der Waals surface area contributed by atoms with Crippen LogP contribution in [0.25, 0.3) is 0 Å². The summed E-state index contributed by atoms with van der Waals surface area (Å²) in [6.07, 6.45) is 63.9. The molecule has 0 aromatic rings. The van der Waals surface area contributed by atoms with Gasteiger partial charge in [0, 0.05) is 0 Å². The molecule has 0 heterocycles. The fourth-order valence-electron chi connectivity index (χ4n) is 9.01. The average Bonchev–Trinajstić information content (AvgIpc) is 3.26. The molecule has 0 bridgehead atoms. The molecule has 0 saturated heterocycles. The topological polar surface area (TPSA) is 89.8 Å². The minimum atomic E-state index is -1.07. The van der Waals surface area contributed by atoms with Crippen LogP contribution in [0, 0.1) is 0 Å². The molecule has 3 atom stereocenters. The first-order valence-electron chi connectivity index (χ1n) is 28.0. The number of carbonyl (C=O) groups excluding carboxylic acids is 1. The lowest BCUT2D eigenvalue weighted by Crippen LogP contribution is -2.49. The quantitative estimate of drug-likeness (QED) is 0.0362. The molecular weight excluding hydrogens is 751 g/mol. The van der Waals surface area contributed by atoms with Gasteiger partial charge in [-0.25, -0.2) is 0 Å². The van der Waals surface area contributed by atoms with E-state index in [1.165, 1.54) is 257 Å². The molecule has 5 nitrogen and oxygen atoms in total. The van der Waals surface area contributed by atoms with E-state index in [2.05, 4.69) is 31.3 Å². The van der Waals surface area contributed by atoms with Gasteiger partial charge in [0.15, 0.2) is 0 Å². The number of amides is 1. The van der Waals surface area contributed by atoms with Crippen molar-refractivity contribution in [1.82, 2.24) is 5.32 Å². The van der Waals surface area contributed by atoms with Crippen molar-refractivity contribution in [3.8, 4) is 0 Å². The maximum absolute atomic E-state index is 12.6. The fraction of sp³-hybridized carbons (Fsp3) is 0.946. The maximum atomic E-state index is 12.6. The van der Waals surface area contributed by atoms with E-state index in [1.807, 2.05) is 0 Å². The summed E-state index contributed by atoms with van der Waals surface area (Å²) in [5.74, 6) is -0.466. The molecule has 61 heavy (non-hydrogen) atoms. The number of hydrogen-bond donors (Lipinski definition) is 4. The molecule has 0 spiro atoms. The van der Waals surface area contributed by atoms with Gasteiger partial charge < -0.3 is 20.6 Å². The van der Waals surface area contributed by atoms with Gasteiger partial charge in [-0.1, -0.05) is 289 Å². The number of aliphatic hydroxyl groups excluding tert-OH is 3. The third kappa shape index (κ3) is 46.9. The Kier molecular flexibility index (Phi) is 51.0. The Morgan fingerprint density at radius 2 is 0.623 bits per heavy atom. The highest BCUT2D eigenvalue weighted by atomic mass is 16.3. The molecule has 0 aliphatic heterocycles. The van der Waals surface area contributed by atoms with Gasteiger partial charge in [-0.3, -0.25) is 4.79 Å². The highest BCUT2D eigenvalue weighted by Gasteiger charge is 2.23. The molecule has 0 radical (unpaired) electrons. The molecule has 4 N–H and O–H groups in total. The number of aliphatic hydroxyl groups is 3. The Morgan fingerprint density at radius 1 is 0.377 bits per heavy atom. The van der Waals surface area contributed by atoms with Gasteiger partial charge in [0.25, 0.3) is 0 Å². The molecule has 364 valence electrons. The zero-order chi connectivity index (χ0) is 44.4. The van der Waals surface area contributed by atoms with Gasteiger partial charge in [-0.2, -0.15) is 0 Å². The van der Waals surface area contributed by atoms with Crippen LogP contribution in [0.5, 0.6) is 0 Å². The lowest BCUT2D eigenvalue weighted by molar-refractivity contribution is -0.131.